The number of aliphatic hydroxyl groups is 1. The third-order valence-corrected chi connectivity index (χ3v) is 4.31. The number of anilines is 1. The first-order valence-electron chi connectivity index (χ1n) is 7.56. The van der Waals surface area contributed by atoms with E-state index in [1.54, 1.807) is 13.0 Å². The van der Waals surface area contributed by atoms with Crippen molar-refractivity contribution in [2.45, 2.75) is 13.5 Å². The number of nitrogens with one attached hydrogen (secondary N) is 1. The fourth-order valence-electron chi connectivity index (χ4n) is 2.08. The van der Waals surface area contributed by atoms with E-state index in [1.165, 1.54) is 10.8 Å². The Labute approximate surface area is 147 Å². The van der Waals surface area contributed by atoms with Gasteiger partial charge in [-0.25, -0.2) is 4.79 Å². The number of nitrogens with zero attached hydrogens (tertiary/aromatic N) is 2. The molecule has 0 amide bonds. The van der Waals surface area contributed by atoms with Crippen LogP contribution in [-0.2, 0) is 16.1 Å². The predicted molar refractivity (Wildman–Crippen MR) is 95.1 cm³/mol. The van der Waals surface area contributed by atoms with E-state index >= 15 is 0 Å². The third kappa shape index (κ3) is 4.35. The molecule has 2 rings (SSSR count). The number of aliphatic hydroxyl groups excluding tert-OH is 1. The molecule has 0 atom stereocenters. The van der Waals surface area contributed by atoms with Crippen LogP contribution in [0.1, 0.15) is 6.92 Å². The van der Waals surface area contributed by atoms with Crippen molar-refractivity contribution in [1.82, 2.24) is 4.57 Å². The normalized spacial score (nSPS) is 12.4. The SMILES string of the molecule is CCOC(=O)/C(C#N)=c1\s/c(=C/Nc2ccccc2)c(=O)n1CCO. The number of esters is 1. The number of rotatable bonds is 6. The molecule has 0 fully saturated rings. The molecule has 0 aliphatic heterocycles. The molecule has 0 saturated heterocycles. The lowest BCUT2D eigenvalue weighted by Crippen LogP contribution is -2.34. The number of ether oxygens (including phenoxy) is 1. The average Bonchev–Trinajstić information content (AvgIpc) is 2.92. The van der Waals surface area contributed by atoms with Crippen LogP contribution in [0.5, 0.6) is 0 Å². The van der Waals surface area contributed by atoms with E-state index in [4.69, 9.17) is 4.74 Å². The molecule has 2 N–H and O–H groups in total. The minimum atomic E-state index is -0.791. The van der Waals surface area contributed by atoms with Crippen molar-refractivity contribution >= 4 is 34.8 Å². The van der Waals surface area contributed by atoms with E-state index in [9.17, 15) is 20.0 Å². The van der Waals surface area contributed by atoms with Gasteiger partial charge in [0.2, 0.25) is 0 Å². The number of hydrogen-bond donors (Lipinski definition) is 2. The summed E-state index contributed by atoms with van der Waals surface area (Å²) in [5.41, 5.74) is 0.145. The number of aromatic nitrogens is 1. The summed E-state index contributed by atoms with van der Waals surface area (Å²) in [6, 6.07) is 11.0. The zero-order valence-corrected chi connectivity index (χ0v) is 14.4. The molecule has 0 saturated carbocycles. The van der Waals surface area contributed by atoms with E-state index in [1.807, 2.05) is 30.3 Å². The maximum atomic E-state index is 12.5. The van der Waals surface area contributed by atoms with E-state index < -0.39 is 11.5 Å². The Balaban J connectivity index is 2.60. The van der Waals surface area contributed by atoms with Gasteiger partial charge in [-0.15, -0.1) is 11.3 Å². The number of nitriles is 1. The van der Waals surface area contributed by atoms with Crippen molar-refractivity contribution < 1.29 is 14.6 Å². The highest BCUT2D eigenvalue weighted by atomic mass is 32.1. The quantitative estimate of drug-likeness (QED) is 0.703. The summed E-state index contributed by atoms with van der Waals surface area (Å²) in [5, 5.41) is 21.5. The fourth-order valence-corrected chi connectivity index (χ4v) is 3.11. The summed E-state index contributed by atoms with van der Waals surface area (Å²) in [7, 11) is 0. The Morgan fingerprint density at radius 1 is 1.44 bits per heavy atom. The molecule has 0 aliphatic rings. The van der Waals surface area contributed by atoms with Crippen LogP contribution >= 0.6 is 11.3 Å². The highest BCUT2D eigenvalue weighted by Gasteiger charge is 2.16. The summed E-state index contributed by atoms with van der Waals surface area (Å²) in [4.78, 5) is 24.5. The number of thiazole rings is 1. The Morgan fingerprint density at radius 3 is 2.76 bits per heavy atom. The number of benzene rings is 1. The van der Waals surface area contributed by atoms with Crippen LogP contribution in [0.2, 0.25) is 0 Å². The summed E-state index contributed by atoms with van der Waals surface area (Å²) < 4.78 is 6.55. The molecule has 25 heavy (non-hydrogen) atoms. The van der Waals surface area contributed by atoms with Crippen molar-refractivity contribution in [2.24, 2.45) is 0 Å². The standard InChI is InChI=1S/C17H17N3O4S/c1-2-24-17(23)13(10-18)16-20(8-9-21)15(22)14(25-16)11-19-12-6-4-3-5-7-12/h3-7,11,19,21H,2,8-9H2,1H3/b14-11+,16-13-. The molecule has 8 heteroatoms. The number of carbonyl (C=O) groups is 1. The van der Waals surface area contributed by atoms with Gasteiger partial charge >= 0.3 is 5.97 Å². The first-order chi connectivity index (χ1) is 12.1. The zero-order valence-electron chi connectivity index (χ0n) is 13.6. The molecule has 7 nitrogen and oxygen atoms in total. The maximum absolute atomic E-state index is 12.5. The minimum absolute atomic E-state index is 0.0194. The highest BCUT2D eigenvalue weighted by molar-refractivity contribution is 7.07. The van der Waals surface area contributed by atoms with Gasteiger partial charge in [0.1, 0.15) is 15.3 Å². The number of hydrogen-bond acceptors (Lipinski definition) is 7. The first kappa shape index (κ1) is 18.4. The zero-order chi connectivity index (χ0) is 18.2. The van der Waals surface area contributed by atoms with Gasteiger partial charge in [-0.05, 0) is 19.1 Å². The van der Waals surface area contributed by atoms with Gasteiger partial charge in [0.15, 0.2) is 5.57 Å². The van der Waals surface area contributed by atoms with Crippen molar-refractivity contribution in [1.29, 1.82) is 5.26 Å². The van der Waals surface area contributed by atoms with Crippen LogP contribution in [0.25, 0.3) is 11.8 Å². The highest BCUT2D eigenvalue weighted by Crippen LogP contribution is 2.04. The van der Waals surface area contributed by atoms with Gasteiger partial charge in [0.25, 0.3) is 5.56 Å². The molecule has 130 valence electrons. The Bertz CT molecular complexity index is 955. The second-order valence-electron chi connectivity index (χ2n) is 4.81. The van der Waals surface area contributed by atoms with Gasteiger partial charge in [0.05, 0.1) is 19.8 Å². The van der Waals surface area contributed by atoms with E-state index in [0.717, 1.165) is 17.0 Å². The average molecular weight is 359 g/mol. The molecule has 0 aliphatic carbocycles. The largest absolute Gasteiger partial charge is 0.462 e. The Kier molecular flexibility index (Phi) is 6.51. The van der Waals surface area contributed by atoms with Gasteiger partial charge in [-0.3, -0.25) is 9.36 Å². The number of carbonyl (C=O) groups excluding carboxylic acids is 1. The monoisotopic (exact) mass is 359 g/mol. The van der Waals surface area contributed by atoms with Crippen LogP contribution in [0.15, 0.2) is 35.1 Å². The fraction of sp³-hybridized carbons (Fsp3) is 0.235. The van der Waals surface area contributed by atoms with Crippen LogP contribution in [0.4, 0.5) is 5.69 Å². The summed E-state index contributed by atoms with van der Waals surface area (Å²) >= 11 is 0.993. The lowest BCUT2D eigenvalue weighted by Gasteiger charge is -2.01. The van der Waals surface area contributed by atoms with E-state index in [-0.39, 0.29) is 30.0 Å². The summed E-state index contributed by atoms with van der Waals surface area (Å²) in [6.07, 6.45) is 1.51. The molecule has 1 heterocycles. The van der Waals surface area contributed by atoms with Gasteiger partial charge in [-0.2, -0.15) is 5.26 Å². The molecule has 0 unspecified atom stereocenters. The topological polar surface area (TPSA) is 104 Å². The number of para-hydroxylation sites is 1. The summed E-state index contributed by atoms with van der Waals surface area (Å²) in [5.74, 6) is -0.791. The maximum Gasteiger partial charge on any atom is 0.351 e. The molecule has 0 bridgehead atoms. The predicted octanol–water partition coefficient (Wildman–Crippen LogP) is -0.0104. The smallest absolute Gasteiger partial charge is 0.351 e. The molecule has 1 aromatic carbocycles. The molecule has 2 aromatic rings. The minimum Gasteiger partial charge on any atom is -0.462 e. The van der Waals surface area contributed by atoms with Crippen LogP contribution in [0.3, 0.4) is 0 Å². The Hall–Kier alpha value is -2.89. The van der Waals surface area contributed by atoms with Crippen LogP contribution in [-0.4, -0.2) is 28.9 Å². The molecule has 1 aromatic heterocycles. The van der Waals surface area contributed by atoms with Gasteiger partial charge in [-0.1, -0.05) is 18.2 Å². The second-order valence-corrected chi connectivity index (χ2v) is 5.84. The molecular weight excluding hydrogens is 342 g/mol. The van der Waals surface area contributed by atoms with E-state index in [2.05, 4.69) is 5.32 Å². The molecule has 0 spiro atoms. The molecule has 0 radical (unpaired) electrons. The van der Waals surface area contributed by atoms with Gasteiger partial charge in [0, 0.05) is 11.9 Å². The Morgan fingerprint density at radius 2 is 2.16 bits per heavy atom. The van der Waals surface area contributed by atoms with Crippen LogP contribution in [0, 0.1) is 11.3 Å². The van der Waals surface area contributed by atoms with Gasteiger partial charge < -0.3 is 15.2 Å². The lowest BCUT2D eigenvalue weighted by atomic mass is 10.3. The first-order valence-corrected chi connectivity index (χ1v) is 8.37. The van der Waals surface area contributed by atoms with Crippen molar-refractivity contribution in [3.05, 3.63) is 49.9 Å². The van der Waals surface area contributed by atoms with E-state index in [0.29, 0.717) is 4.53 Å². The molecular formula is C17H17N3O4S. The lowest BCUT2D eigenvalue weighted by molar-refractivity contribution is -0.136. The van der Waals surface area contributed by atoms with Crippen molar-refractivity contribution in [2.75, 3.05) is 18.5 Å². The van der Waals surface area contributed by atoms with Crippen LogP contribution < -0.4 is 20.1 Å². The van der Waals surface area contributed by atoms with Crippen molar-refractivity contribution in [3.63, 3.8) is 0 Å². The second kappa shape index (κ2) is 8.82. The van der Waals surface area contributed by atoms with Crippen molar-refractivity contribution in [3.8, 4) is 6.07 Å². The third-order valence-electron chi connectivity index (χ3n) is 3.18. The summed E-state index contributed by atoms with van der Waals surface area (Å²) in [6.45, 7) is 1.43.